The minimum atomic E-state index is -0.223. The van der Waals surface area contributed by atoms with Crippen molar-refractivity contribution >= 4 is 23.2 Å². The maximum atomic E-state index is 12.3. The van der Waals surface area contributed by atoms with Crippen LogP contribution in [-0.4, -0.2) is 28.1 Å². The van der Waals surface area contributed by atoms with Gasteiger partial charge in [-0.05, 0) is 20.8 Å². The van der Waals surface area contributed by atoms with Gasteiger partial charge in [-0.1, -0.05) is 19.0 Å². The number of aromatic nitrogens is 2. The van der Waals surface area contributed by atoms with Gasteiger partial charge in [0, 0.05) is 23.9 Å². The first-order chi connectivity index (χ1) is 10.3. The van der Waals surface area contributed by atoms with E-state index >= 15 is 0 Å². The highest BCUT2D eigenvalue weighted by molar-refractivity contribution is 7.11. The third-order valence-corrected chi connectivity index (χ3v) is 5.11. The lowest BCUT2D eigenvalue weighted by molar-refractivity contribution is 0.208. The molecular weight excluding hydrogens is 300 g/mol. The van der Waals surface area contributed by atoms with Crippen molar-refractivity contribution in [1.82, 2.24) is 15.0 Å². The van der Waals surface area contributed by atoms with Crippen LogP contribution in [0.25, 0.3) is 0 Å². The molecule has 1 N–H and O–H groups in total. The fourth-order valence-electron chi connectivity index (χ4n) is 2.04. The molecule has 2 aromatic heterocycles. The van der Waals surface area contributed by atoms with Crippen LogP contribution in [0, 0.1) is 13.8 Å². The molecule has 7 heteroatoms. The normalized spacial score (nSPS) is 12.5. The summed E-state index contributed by atoms with van der Waals surface area (Å²) in [7, 11) is 1.77. The van der Waals surface area contributed by atoms with Crippen molar-refractivity contribution in [2.75, 3.05) is 12.4 Å². The number of hydrogen-bond donors (Lipinski definition) is 1. The van der Waals surface area contributed by atoms with Crippen LogP contribution in [0.1, 0.15) is 54.1 Å². The summed E-state index contributed by atoms with van der Waals surface area (Å²) in [6, 6.07) is 1.41. The Morgan fingerprint density at radius 2 is 2.05 bits per heavy atom. The van der Waals surface area contributed by atoms with E-state index in [4.69, 9.17) is 4.52 Å². The number of carbonyl (C=O) groups excluding carboxylic acids is 1. The summed E-state index contributed by atoms with van der Waals surface area (Å²) < 4.78 is 4.95. The van der Waals surface area contributed by atoms with E-state index in [2.05, 4.69) is 29.3 Å². The van der Waals surface area contributed by atoms with Gasteiger partial charge in [-0.25, -0.2) is 9.78 Å². The number of nitrogens with zero attached hydrogens (tertiary/aromatic N) is 3. The van der Waals surface area contributed by atoms with Gasteiger partial charge in [-0.15, -0.1) is 11.3 Å². The van der Waals surface area contributed by atoms with Gasteiger partial charge in [0.1, 0.15) is 5.76 Å². The summed E-state index contributed by atoms with van der Waals surface area (Å²) >= 11 is 1.66. The molecule has 1 unspecified atom stereocenters. The Morgan fingerprint density at radius 3 is 2.55 bits per heavy atom. The number of carbonyl (C=O) groups is 1. The molecular formula is C15H22N4O2S. The number of urea groups is 1. The number of rotatable bonds is 4. The lowest BCUT2D eigenvalue weighted by atomic mass is 10.2. The molecule has 0 aliphatic heterocycles. The Hall–Kier alpha value is -1.89. The molecule has 2 aromatic rings. The van der Waals surface area contributed by atoms with E-state index in [9.17, 15) is 4.79 Å². The maximum absolute atomic E-state index is 12.3. The van der Waals surface area contributed by atoms with Crippen molar-refractivity contribution in [1.29, 1.82) is 0 Å². The van der Waals surface area contributed by atoms with E-state index in [-0.39, 0.29) is 12.1 Å². The van der Waals surface area contributed by atoms with Crippen LogP contribution in [0.15, 0.2) is 10.6 Å². The zero-order valence-electron chi connectivity index (χ0n) is 13.8. The Bertz CT molecular complexity index is 662. The van der Waals surface area contributed by atoms with Crippen molar-refractivity contribution in [3.63, 3.8) is 0 Å². The topological polar surface area (TPSA) is 71.3 Å². The summed E-state index contributed by atoms with van der Waals surface area (Å²) in [5.41, 5.74) is 0.984. The Morgan fingerprint density at radius 1 is 1.36 bits per heavy atom. The molecule has 0 aromatic carbocycles. The smallest absolute Gasteiger partial charge is 0.323 e. The Kier molecular flexibility index (Phi) is 4.85. The first-order valence-electron chi connectivity index (χ1n) is 7.24. The van der Waals surface area contributed by atoms with Crippen molar-refractivity contribution in [2.24, 2.45) is 0 Å². The van der Waals surface area contributed by atoms with Gasteiger partial charge >= 0.3 is 6.03 Å². The highest BCUT2D eigenvalue weighted by Gasteiger charge is 2.23. The molecule has 0 saturated carbocycles. The average molecular weight is 322 g/mol. The second-order valence-corrected chi connectivity index (χ2v) is 6.76. The third kappa shape index (κ3) is 3.47. The fourth-order valence-corrected chi connectivity index (χ4v) is 3.20. The highest BCUT2D eigenvalue weighted by Crippen LogP contribution is 2.32. The molecule has 0 radical (unpaired) electrons. The summed E-state index contributed by atoms with van der Waals surface area (Å²) in [4.78, 5) is 19.7. The van der Waals surface area contributed by atoms with Gasteiger partial charge in [-0.2, -0.15) is 0 Å². The molecule has 0 fully saturated rings. The first kappa shape index (κ1) is 16.5. The quantitative estimate of drug-likeness (QED) is 0.920. The van der Waals surface area contributed by atoms with Crippen LogP contribution in [0.2, 0.25) is 0 Å². The van der Waals surface area contributed by atoms with Crippen molar-refractivity contribution < 1.29 is 9.32 Å². The molecule has 0 spiro atoms. The standard InChI is InChI=1S/C15H22N4O2S/c1-8(2)14-16-10(4)13(22-14)11(5)19(6)15(20)17-12-7-9(3)21-18-12/h7-8,11H,1-6H3,(H,17,18,20). The van der Waals surface area contributed by atoms with Crippen molar-refractivity contribution in [2.45, 2.75) is 46.6 Å². The molecule has 1 atom stereocenters. The second-order valence-electron chi connectivity index (χ2n) is 5.70. The predicted octanol–water partition coefficient (Wildman–Crippen LogP) is 4.10. The van der Waals surface area contributed by atoms with Gasteiger partial charge in [0.25, 0.3) is 0 Å². The minimum Gasteiger partial charge on any atom is -0.360 e. The molecule has 0 aliphatic rings. The zero-order chi connectivity index (χ0) is 16.4. The van der Waals surface area contributed by atoms with Crippen LogP contribution < -0.4 is 5.32 Å². The summed E-state index contributed by atoms with van der Waals surface area (Å²) in [6.07, 6.45) is 0. The second kappa shape index (κ2) is 6.48. The molecule has 0 aliphatic carbocycles. The van der Waals surface area contributed by atoms with Crippen LogP contribution in [-0.2, 0) is 0 Å². The Balaban J connectivity index is 2.11. The molecule has 0 bridgehead atoms. The number of nitrogens with one attached hydrogen (secondary N) is 1. The number of aryl methyl sites for hydroxylation is 2. The number of anilines is 1. The van der Waals surface area contributed by atoms with Crippen molar-refractivity contribution in [3.8, 4) is 0 Å². The number of amides is 2. The third-order valence-electron chi connectivity index (χ3n) is 3.49. The van der Waals surface area contributed by atoms with Crippen LogP contribution in [0.5, 0.6) is 0 Å². The van der Waals surface area contributed by atoms with Gasteiger partial charge in [0.05, 0.1) is 16.7 Å². The molecule has 22 heavy (non-hydrogen) atoms. The Labute approximate surface area is 134 Å². The summed E-state index contributed by atoms with van der Waals surface area (Å²) in [5.74, 6) is 1.47. The summed E-state index contributed by atoms with van der Waals surface area (Å²) in [6.45, 7) is 10.0. The van der Waals surface area contributed by atoms with Crippen LogP contribution in [0.3, 0.4) is 0 Å². The van der Waals surface area contributed by atoms with E-state index in [0.717, 1.165) is 15.6 Å². The SMILES string of the molecule is Cc1cc(NC(=O)N(C)C(C)c2sc(C(C)C)nc2C)no1. The number of thiazole rings is 1. The molecule has 120 valence electrons. The predicted molar refractivity (Wildman–Crippen MR) is 87.4 cm³/mol. The average Bonchev–Trinajstić information content (AvgIpc) is 3.03. The molecule has 6 nitrogen and oxygen atoms in total. The van der Waals surface area contributed by atoms with E-state index in [1.54, 1.807) is 36.3 Å². The van der Waals surface area contributed by atoms with E-state index in [1.807, 2.05) is 13.8 Å². The first-order valence-corrected chi connectivity index (χ1v) is 8.05. The van der Waals surface area contributed by atoms with E-state index < -0.39 is 0 Å². The van der Waals surface area contributed by atoms with Gasteiger partial charge in [0.2, 0.25) is 0 Å². The van der Waals surface area contributed by atoms with E-state index in [0.29, 0.717) is 17.5 Å². The molecule has 0 saturated heterocycles. The highest BCUT2D eigenvalue weighted by atomic mass is 32.1. The lowest BCUT2D eigenvalue weighted by Gasteiger charge is -2.24. The van der Waals surface area contributed by atoms with Gasteiger partial charge < -0.3 is 9.42 Å². The van der Waals surface area contributed by atoms with Gasteiger partial charge in [-0.3, -0.25) is 5.32 Å². The molecule has 2 heterocycles. The minimum absolute atomic E-state index is 0.0574. The number of hydrogen-bond acceptors (Lipinski definition) is 5. The zero-order valence-corrected chi connectivity index (χ0v) is 14.6. The van der Waals surface area contributed by atoms with Gasteiger partial charge in [0.15, 0.2) is 5.82 Å². The maximum Gasteiger partial charge on any atom is 0.323 e. The largest absolute Gasteiger partial charge is 0.360 e. The van der Waals surface area contributed by atoms with Crippen molar-refractivity contribution in [3.05, 3.63) is 27.4 Å². The monoisotopic (exact) mass is 322 g/mol. The summed E-state index contributed by atoms with van der Waals surface area (Å²) in [5, 5.41) is 7.60. The fraction of sp³-hybridized carbons (Fsp3) is 0.533. The lowest BCUT2D eigenvalue weighted by Crippen LogP contribution is -2.33. The van der Waals surface area contributed by atoms with E-state index in [1.165, 1.54) is 0 Å². The van der Waals surface area contributed by atoms with Crippen LogP contribution >= 0.6 is 11.3 Å². The molecule has 2 rings (SSSR count). The molecule has 2 amide bonds. The van der Waals surface area contributed by atoms with Crippen LogP contribution in [0.4, 0.5) is 10.6 Å².